The molecule has 1 saturated heterocycles. The number of imide groups is 1. The van der Waals surface area contributed by atoms with Crippen LogP contribution in [0.15, 0.2) is 23.3 Å². The van der Waals surface area contributed by atoms with Gasteiger partial charge in [0.05, 0.1) is 16.3 Å². The number of hydrogen-bond donors (Lipinski definition) is 1. The molecular weight excluding hydrogens is 301 g/mol. The Hall–Kier alpha value is -1.59. The van der Waals surface area contributed by atoms with Crippen molar-refractivity contribution in [2.24, 2.45) is 5.10 Å². The van der Waals surface area contributed by atoms with Gasteiger partial charge in [-0.3, -0.25) is 4.79 Å². The van der Waals surface area contributed by atoms with E-state index in [-0.39, 0.29) is 0 Å². The van der Waals surface area contributed by atoms with Crippen LogP contribution < -0.4 is 5.32 Å². The molecule has 1 aromatic rings. The monoisotopic (exact) mass is 313 g/mol. The molecule has 2 rings (SSSR count). The molecular formula is C13H13Cl2N3O2. The van der Waals surface area contributed by atoms with E-state index in [0.717, 1.165) is 5.01 Å². The molecule has 7 heteroatoms. The summed E-state index contributed by atoms with van der Waals surface area (Å²) >= 11 is 12.0. The molecule has 1 aromatic carbocycles. The molecule has 0 saturated carbocycles. The van der Waals surface area contributed by atoms with Crippen LogP contribution in [-0.2, 0) is 4.79 Å². The molecule has 0 radical (unpaired) electrons. The number of carbonyl (C=O) groups excluding carboxylic acids is 2. The van der Waals surface area contributed by atoms with E-state index in [2.05, 4.69) is 10.4 Å². The van der Waals surface area contributed by atoms with Crippen molar-refractivity contribution in [3.05, 3.63) is 33.8 Å². The van der Waals surface area contributed by atoms with Crippen molar-refractivity contribution in [2.75, 3.05) is 0 Å². The minimum absolute atomic E-state index is 0.395. The second-order valence-corrected chi connectivity index (χ2v) is 5.43. The van der Waals surface area contributed by atoms with Crippen molar-refractivity contribution in [1.82, 2.24) is 10.3 Å². The highest BCUT2D eigenvalue weighted by atomic mass is 35.5. The normalized spacial score (nSPS) is 22.7. The molecule has 106 valence electrons. The average Bonchev–Trinajstić information content (AvgIpc) is 2.61. The van der Waals surface area contributed by atoms with E-state index in [0.29, 0.717) is 22.0 Å². The minimum Gasteiger partial charge on any atom is -0.322 e. The van der Waals surface area contributed by atoms with Crippen LogP contribution in [-0.4, -0.2) is 28.7 Å². The van der Waals surface area contributed by atoms with Gasteiger partial charge in [0.15, 0.2) is 0 Å². The van der Waals surface area contributed by atoms with Gasteiger partial charge < -0.3 is 5.32 Å². The van der Waals surface area contributed by atoms with Crippen LogP contribution in [0.1, 0.15) is 25.8 Å². The lowest BCUT2D eigenvalue weighted by Gasteiger charge is -2.17. The van der Waals surface area contributed by atoms with Gasteiger partial charge in [0, 0.05) is 5.56 Å². The lowest BCUT2D eigenvalue weighted by atomic mass is 10.00. The largest absolute Gasteiger partial charge is 0.346 e. The smallest absolute Gasteiger partial charge is 0.322 e. The lowest BCUT2D eigenvalue weighted by Crippen LogP contribution is -2.42. The van der Waals surface area contributed by atoms with Crippen molar-refractivity contribution in [3.8, 4) is 0 Å². The van der Waals surface area contributed by atoms with Crippen molar-refractivity contribution in [2.45, 2.75) is 25.8 Å². The molecule has 1 atom stereocenters. The number of nitrogens with zero attached hydrogens (tertiary/aromatic N) is 2. The van der Waals surface area contributed by atoms with Crippen LogP contribution >= 0.6 is 23.2 Å². The number of urea groups is 1. The first-order chi connectivity index (χ1) is 9.39. The highest BCUT2D eigenvalue weighted by Crippen LogP contribution is 2.24. The average molecular weight is 314 g/mol. The summed E-state index contributed by atoms with van der Waals surface area (Å²) < 4.78 is 0. The Labute approximate surface area is 126 Å². The van der Waals surface area contributed by atoms with E-state index in [9.17, 15) is 9.59 Å². The molecule has 3 amide bonds. The van der Waals surface area contributed by atoms with E-state index >= 15 is 0 Å². The SMILES string of the molecule is CCC1(C)NC(=O)N(/N=C/c2c(Cl)cccc2Cl)C1=O. The quantitative estimate of drug-likeness (QED) is 0.688. The summed E-state index contributed by atoms with van der Waals surface area (Å²) in [6.45, 7) is 3.47. The van der Waals surface area contributed by atoms with Gasteiger partial charge in [0.25, 0.3) is 5.91 Å². The molecule has 1 unspecified atom stereocenters. The maximum Gasteiger partial charge on any atom is 0.346 e. The van der Waals surface area contributed by atoms with Crippen molar-refractivity contribution in [3.63, 3.8) is 0 Å². The second kappa shape index (κ2) is 5.42. The Morgan fingerprint density at radius 1 is 1.35 bits per heavy atom. The van der Waals surface area contributed by atoms with Crippen molar-refractivity contribution in [1.29, 1.82) is 0 Å². The number of hydrogen-bond acceptors (Lipinski definition) is 3. The first-order valence-corrected chi connectivity index (χ1v) is 6.79. The number of benzene rings is 1. The number of carbonyl (C=O) groups is 2. The molecule has 1 aliphatic heterocycles. The molecule has 1 N–H and O–H groups in total. The molecule has 1 heterocycles. The fourth-order valence-electron chi connectivity index (χ4n) is 1.76. The van der Waals surface area contributed by atoms with Gasteiger partial charge in [-0.2, -0.15) is 5.10 Å². The van der Waals surface area contributed by atoms with Gasteiger partial charge in [-0.1, -0.05) is 36.2 Å². The summed E-state index contributed by atoms with van der Waals surface area (Å²) in [5.41, 5.74) is -0.458. The fourth-order valence-corrected chi connectivity index (χ4v) is 2.26. The van der Waals surface area contributed by atoms with Crippen LogP contribution in [0.2, 0.25) is 10.0 Å². The van der Waals surface area contributed by atoms with Gasteiger partial charge >= 0.3 is 6.03 Å². The third-order valence-electron chi connectivity index (χ3n) is 3.25. The number of amides is 3. The van der Waals surface area contributed by atoms with Crippen LogP contribution in [0.5, 0.6) is 0 Å². The van der Waals surface area contributed by atoms with Crippen LogP contribution in [0.25, 0.3) is 0 Å². The Morgan fingerprint density at radius 2 is 1.95 bits per heavy atom. The number of nitrogens with one attached hydrogen (secondary N) is 1. The minimum atomic E-state index is -0.918. The summed E-state index contributed by atoms with van der Waals surface area (Å²) in [5, 5.41) is 8.09. The number of hydrazone groups is 1. The summed E-state index contributed by atoms with van der Waals surface area (Å²) in [4.78, 5) is 23.9. The third-order valence-corrected chi connectivity index (χ3v) is 3.91. The highest BCUT2D eigenvalue weighted by Gasteiger charge is 2.46. The molecule has 0 aliphatic carbocycles. The third kappa shape index (κ3) is 2.51. The van der Waals surface area contributed by atoms with Gasteiger partial charge in [0.2, 0.25) is 0 Å². The standard InChI is InChI=1S/C13H13Cl2N3O2/c1-3-13(2)11(19)18(12(20)17-13)16-7-8-9(14)5-4-6-10(8)15/h4-7H,3H2,1-2H3,(H,17,20)/b16-7+. The summed E-state index contributed by atoms with van der Waals surface area (Å²) in [6, 6.07) is 4.44. The Balaban J connectivity index is 2.29. The first kappa shape index (κ1) is 14.8. The predicted octanol–water partition coefficient (Wildman–Crippen LogP) is 3.05. The lowest BCUT2D eigenvalue weighted by molar-refractivity contribution is -0.130. The maximum absolute atomic E-state index is 12.1. The fraction of sp³-hybridized carbons (Fsp3) is 0.308. The molecule has 0 aromatic heterocycles. The van der Waals surface area contributed by atoms with Crippen molar-refractivity contribution < 1.29 is 9.59 Å². The van der Waals surface area contributed by atoms with Gasteiger partial charge in [-0.15, -0.1) is 5.01 Å². The summed E-state index contributed by atoms with van der Waals surface area (Å²) in [5.74, 6) is -0.399. The Bertz CT molecular complexity index is 583. The number of halogens is 2. The molecule has 1 fully saturated rings. The zero-order valence-corrected chi connectivity index (χ0v) is 12.5. The summed E-state index contributed by atoms with van der Waals surface area (Å²) in [7, 11) is 0. The van der Waals surface area contributed by atoms with E-state index in [1.54, 1.807) is 25.1 Å². The Morgan fingerprint density at radius 3 is 2.45 bits per heavy atom. The molecule has 0 spiro atoms. The summed E-state index contributed by atoms with van der Waals surface area (Å²) in [6.07, 6.45) is 1.79. The molecule has 1 aliphatic rings. The molecule has 5 nitrogen and oxygen atoms in total. The predicted molar refractivity (Wildman–Crippen MR) is 78.1 cm³/mol. The molecule has 0 bridgehead atoms. The Kier molecular flexibility index (Phi) is 4.01. The second-order valence-electron chi connectivity index (χ2n) is 4.61. The highest BCUT2D eigenvalue weighted by molar-refractivity contribution is 6.38. The van der Waals surface area contributed by atoms with Gasteiger partial charge in [-0.25, -0.2) is 4.79 Å². The van der Waals surface area contributed by atoms with Gasteiger partial charge in [-0.05, 0) is 25.5 Å². The first-order valence-electron chi connectivity index (χ1n) is 6.03. The topological polar surface area (TPSA) is 61.8 Å². The van der Waals surface area contributed by atoms with E-state index in [4.69, 9.17) is 23.2 Å². The van der Waals surface area contributed by atoms with Crippen LogP contribution in [0.3, 0.4) is 0 Å². The van der Waals surface area contributed by atoms with E-state index in [1.807, 2.05) is 6.92 Å². The van der Waals surface area contributed by atoms with Crippen LogP contribution in [0, 0.1) is 0 Å². The van der Waals surface area contributed by atoms with E-state index < -0.39 is 17.5 Å². The zero-order valence-electron chi connectivity index (χ0n) is 11.0. The van der Waals surface area contributed by atoms with E-state index in [1.165, 1.54) is 6.21 Å². The van der Waals surface area contributed by atoms with Crippen LogP contribution in [0.4, 0.5) is 4.79 Å². The maximum atomic E-state index is 12.1. The number of rotatable bonds is 3. The van der Waals surface area contributed by atoms with Gasteiger partial charge in [0.1, 0.15) is 5.54 Å². The molecule has 20 heavy (non-hydrogen) atoms. The zero-order chi connectivity index (χ0) is 14.9. The van der Waals surface area contributed by atoms with Crippen molar-refractivity contribution >= 4 is 41.4 Å².